The van der Waals surface area contributed by atoms with Gasteiger partial charge in [-0.1, -0.05) is 84.0 Å². The first-order chi connectivity index (χ1) is 19.6. The van der Waals surface area contributed by atoms with Crippen molar-refractivity contribution in [1.29, 1.82) is 0 Å². The maximum atomic E-state index is 14.2. The lowest BCUT2D eigenvalue weighted by Gasteiger charge is -2.35. The number of rotatable bonds is 8. The van der Waals surface area contributed by atoms with Gasteiger partial charge in [-0.3, -0.25) is 4.79 Å². The lowest BCUT2D eigenvalue weighted by atomic mass is 9.72. The number of ether oxygens (including phenoxy) is 1. The van der Waals surface area contributed by atoms with Gasteiger partial charge in [-0.25, -0.2) is 4.79 Å². The van der Waals surface area contributed by atoms with Gasteiger partial charge in [0.1, 0.15) is 11.8 Å². The van der Waals surface area contributed by atoms with Gasteiger partial charge in [0.2, 0.25) is 5.91 Å². The molecule has 1 amide bonds. The second-order valence-corrected chi connectivity index (χ2v) is 15.1. The Morgan fingerprint density at radius 2 is 1.64 bits per heavy atom. The molecule has 1 aliphatic rings. The minimum atomic E-state index is -0.983. The summed E-state index contributed by atoms with van der Waals surface area (Å²) in [6.45, 7) is 17.3. The number of aryl methyl sites for hydroxylation is 2. The molecule has 1 saturated heterocycles. The third-order valence-corrected chi connectivity index (χ3v) is 9.52. The Bertz CT molecular complexity index is 1420. The molecule has 4 rings (SSSR count). The molecule has 1 aromatic heterocycles. The van der Waals surface area contributed by atoms with E-state index in [1.807, 2.05) is 56.3 Å². The van der Waals surface area contributed by atoms with Gasteiger partial charge < -0.3 is 20.1 Å². The summed E-state index contributed by atoms with van der Waals surface area (Å²) < 4.78 is 5.73. The van der Waals surface area contributed by atoms with Crippen LogP contribution in [-0.2, 0) is 28.0 Å². The molecule has 3 aromatic rings. The van der Waals surface area contributed by atoms with Crippen molar-refractivity contribution in [3.8, 4) is 5.75 Å². The number of nitrogens with zero attached hydrogens (tertiary/aromatic N) is 1. The first-order valence-electron chi connectivity index (χ1n) is 14.7. The number of hydrogen-bond donors (Lipinski definition) is 2. The zero-order valence-electron chi connectivity index (χ0n) is 26.4. The van der Waals surface area contributed by atoms with Crippen LogP contribution in [0.1, 0.15) is 79.6 Å². The number of nitrogens with one attached hydrogen (secondary N) is 1. The quantitative estimate of drug-likeness (QED) is 0.293. The van der Waals surface area contributed by atoms with E-state index >= 15 is 0 Å². The second-order valence-electron chi connectivity index (χ2n) is 13.6. The minimum absolute atomic E-state index is 0.0370. The highest BCUT2D eigenvalue weighted by Gasteiger charge is 2.57. The van der Waals surface area contributed by atoms with Crippen molar-refractivity contribution in [2.45, 2.75) is 91.9 Å². The fraction of sp³-hybridized carbons (Fsp3) is 0.486. The number of benzene rings is 2. The first kappa shape index (κ1) is 31.8. The summed E-state index contributed by atoms with van der Waals surface area (Å²) in [5.41, 5.74) is 3.64. The van der Waals surface area contributed by atoms with Crippen LogP contribution >= 0.6 is 11.3 Å². The minimum Gasteiger partial charge on any atom is -0.496 e. The van der Waals surface area contributed by atoms with Crippen molar-refractivity contribution in [1.82, 2.24) is 10.2 Å². The number of likely N-dealkylation sites (tertiary alicyclic amines) is 1. The number of aliphatic carboxylic acids is 1. The summed E-state index contributed by atoms with van der Waals surface area (Å²) in [4.78, 5) is 31.3. The lowest BCUT2D eigenvalue weighted by Crippen LogP contribution is -2.48. The molecular weight excluding hydrogens is 544 g/mol. The topological polar surface area (TPSA) is 78.9 Å². The number of carboxylic acid groups (broad SMARTS) is 1. The van der Waals surface area contributed by atoms with Crippen LogP contribution in [0.15, 0.2) is 54.6 Å². The average molecular weight is 591 g/mol. The van der Waals surface area contributed by atoms with E-state index < -0.39 is 23.5 Å². The van der Waals surface area contributed by atoms with E-state index in [2.05, 4.69) is 59.0 Å². The Morgan fingerprint density at radius 3 is 2.17 bits per heavy atom. The highest BCUT2D eigenvalue weighted by Crippen LogP contribution is 2.48. The van der Waals surface area contributed by atoms with E-state index in [9.17, 15) is 14.7 Å². The van der Waals surface area contributed by atoms with Crippen LogP contribution in [0, 0.1) is 25.2 Å². The average Bonchev–Trinajstić information content (AvgIpc) is 3.43. The van der Waals surface area contributed by atoms with Gasteiger partial charge in [0.25, 0.3) is 0 Å². The van der Waals surface area contributed by atoms with Crippen molar-refractivity contribution < 1.29 is 19.4 Å². The Kier molecular flexibility index (Phi) is 9.24. The molecule has 2 aromatic carbocycles. The molecule has 1 aliphatic heterocycles. The monoisotopic (exact) mass is 590 g/mol. The summed E-state index contributed by atoms with van der Waals surface area (Å²) in [5, 5.41) is 14.5. The molecule has 4 atom stereocenters. The predicted octanol–water partition coefficient (Wildman–Crippen LogP) is 7.07. The maximum Gasteiger partial charge on any atom is 0.326 e. The van der Waals surface area contributed by atoms with Crippen LogP contribution in [-0.4, -0.2) is 41.1 Å². The standard InChI is InChI=1S/C35H46N2O4S/c1-21-17-24(22(2)42-21)19-28(38)37-31(23-13-11-10-12-14-23)30(29(35(6,7)8)32(37)33(39)40)36-20-25-18-26(34(3,4)5)15-16-27(25)41-9/h10-18,29-32,36H,19-20H2,1-9H3,(H,39,40)/t29-,30-,31-,32-/m0/s1. The largest absolute Gasteiger partial charge is 0.496 e. The zero-order valence-corrected chi connectivity index (χ0v) is 27.3. The molecule has 0 radical (unpaired) electrons. The summed E-state index contributed by atoms with van der Waals surface area (Å²) >= 11 is 1.66. The molecular formula is C35H46N2O4S. The molecule has 0 saturated carbocycles. The number of carbonyl (C=O) groups is 2. The van der Waals surface area contributed by atoms with Gasteiger partial charge in [-0.2, -0.15) is 0 Å². The van der Waals surface area contributed by atoms with Crippen LogP contribution in [0.2, 0.25) is 0 Å². The van der Waals surface area contributed by atoms with E-state index in [1.54, 1.807) is 23.3 Å². The van der Waals surface area contributed by atoms with Gasteiger partial charge in [0, 0.05) is 33.8 Å². The van der Waals surface area contributed by atoms with E-state index in [1.165, 1.54) is 5.56 Å². The molecule has 1 fully saturated rings. The Balaban J connectivity index is 1.82. The van der Waals surface area contributed by atoms with Crippen molar-refractivity contribution >= 4 is 23.2 Å². The molecule has 0 spiro atoms. The SMILES string of the molecule is COc1ccc(C(C)(C)C)cc1CN[C@H]1[C@H](C(C)(C)C)[C@@H](C(=O)O)N(C(=O)Cc2cc(C)sc2C)[C@H]1c1ccccc1. The number of carboxylic acids is 1. The number of methoxy groups -OCH3 is 1. The third-order valence-electron chi connectivity index (χ3n) is 8.51. The number of thiophene rings is 1. The van der Waals surface area contributed by atoms with Crippen LogP contribution in [0.5, 0.6) is 5.75 Å². The second kappa shape index (κ2) is 12.2. The van der Waals surface area contributed by atoms with Crippen molar-refractivity contribution in [2.24, 2.45) is 11.3 Å². The smallest absolute Gasteiger partial charge is 0.326 e. The van der Waals surface area contributed by atoms with E-state index in [-0.39, 0.29) is 29.7 Å². The van der Waals surface area contributed by atoms with Gasteiger partial charge in [-0.15, -0.1) is 11.3 Å². The maximum absolute atomic E-state index is 14.2. The molecule has 2 heterocycles. The Hall–Kier alpha value is -3.16. The lowest BCUT2D eigenvalue weighted by molar-refractivity contribution is -0.152. The van der Waals surface area contributed by atoms with Gasteiger partial charge >= 0.3 is 5.97 Å². The van der Waals surface area contributed by atoms with E-state index in [0.29, 0.717) is 6.54 Å². The van der Waals surface area contributed by atoms with Crippen LogP contribution in [0.4, 0.5) is 0 Å². The van der Waals surface area contributed by atoms with Gasteiger partial charge in [0.15, 0.2) is 0 Å². The van der Waals surface area contributed by atoms with E-state index in [0.717, 1.165) is 32.2 Å². The normalized spacial score (nSPS) is 21.0. The predicted molar refractivity (Wildman–Crippen MR) is 170 cm³/mol. The molecule has 226 valence electrons. The van der Waals surface area contributed by atoms with Gasteiger partial charge in [0.05, 0.1) is 19.6 Å². The fourth-order valence-electron chi connectivity index (χ4n) is 6.49. The molecule has 0 bridgehead atoms. The van der Waals surface area contributed by atoms with Crippen molar-refractivity contribution in [3.05, 3.63) is 86.6 Å². The highest BCUT2D eigenvalue weighted by atomic mass is 32.1. The van der Waals surface area contributed by atoms with Crippen molar-refractivity contribution in [2.75, 3.05) is 7.11 Å². The van der Waals surface area contributed by atoms with Crippen LogP contribution in [0.3, 0.4) is 0 Å². The zero-order chi connectivity index (χ0) is 31.0. The summed E-state index contributed by atoms with van der Waals surface area (Å²) in [6, 6.07) is 16.4. The summed E-state index contributed by atoms with van der Waals surface area (Å²) in [7, 11) is 1.67. The van der Waals surface area contributed by atoms with Crippen molar-refractivity contribution in [3.63, 3.8) is 0 Å². The Morgan fingerprint density at radius 1 is 0.976 bits per heavy atom. The van der Waals surface area contributed by atoms with Gasteiger partial charge in [-0.05, 0) is 53.5 Å². The summed E-state index contributed by atoms with van der Waals surface area (Å²) in [6.07, 6.45) is 0.175. The number of amides is 1. The third kappa shape index (κ3) is 6.57. The number of hydrogen-bond acceptors (Lipinski definition) is 5. The molecule has 0 unspecified atom stereocenters. The fourth-order valence-corrected chi connectivity index (χ4v) is 7.43. The highest BCUT2D eigenvalue weighted by molar-refractivity contribution is 7.12. The van der Waals surface area contributed by atoms with Crippen LogP contribution < -0.4 is 10.1 Å². The summed E-state index contributed by atoms with van der Waals surface area (Å²) in [5.74, 6) is -0.712. The molecule has 0 aliphatic carbocycles. The molecule has 2 N–H and O–H groups in total. The van der Waals surface area contributed by atoms with E-state index in [4.69, 9.17) is 4.74 Å². The first-order valence-corrected chi connectivity index (χ1v) is 15.5. The Labute approximate surface area is 255 Å². The molecule has 42 heavy (non-hydrogen) atoms. The molecule has 7 heteroatoms. The van der Waals surface area contributed by atoms with Crippen LogP contribution in [0.25, 0.3) is 0 Å². The number of carbonyl (C=O) groups excluding carboxylic acids is 1. The molecule has 6 nitrogen and oxygen atoms in total.